The Morgan fingerprint density at radius 3 is 2.20 bits per heavy atom. The monoisotopic (exact) mass is 494 g/mol. The minimum absolute atomic E-state index is 0.195. The van der Waals surface area contributed by atoms with Gasteiger partial charge in [0.1, 0.15) is 5.54 Å². The summed E-state index contributed by atoms with van der Waals surface area (Å²) in [6, 6.07) is -1.34. The lowest BCUT2D eigenvalue weighted by molar-refractivity contribution is -0.141. The number of urea groups is 1. The second-order valence-electron chi connectivity index (χ2n) is 10.6. The summed E-state index contributed by atoms with van der Waals surface area (Å²) in [6.45, 7) is 8.73. The third kappa shape index (κ3) is 8.30. The lowest BCUT2D eigenvalue weighted by Gasteiger charge is -2.39. The van der Waals surface area contributed by atoms with Crippen molar-refractivity contribution in [3.05, 3.63) is 0 Å². The smallest absolute Gasteiger partial charge is 0.318 e. The van der Waals surface area contributed by atoms with Crippen LogP contribution in [0.25, 0.3) is 0 Å². The minimum Gasteiger partial charge on any atom is -0.378 e. The summed E-state index contributed by atoms with van der Waals surface area (Å²) in [5.74, 6) is -2.30. The van der Waals surface area contributed by atoms with Crippen LogP contribution >= 0.6 is 0 Å². The van der Waals surface area contributed by atoms with E-state index in [1.165, 1.54) is 0 Å². The second-order valence-corrected chi connectivity index (χ2v) is 10.6. The number of hydrogen-bond donors (Lipinski definition) is 3. The van der Waals surface area contributed by atoms with Crippen LogP contribution in [0.1, 0.15) is 79.1 Å². The molecule has 1 unspecified atom stereocenters. The summed E-state index contributed by atoms with van der Waals surface area (Å²) in [7, 11) is 0. The van der Waals surface area contributed by atoms with Gasteiger partial charge in [0.05, 0.1) is 25.8 Å². The maximum atomic E-state index is 13.5. The van der Waals surface area contributed by atoms with Gasteiger partial charge in [-0.3, -0.25) is 19.2 Å². The number of rotatable bonds is 10. The molecule has 0 spiro atoms. The van der Waals surface area contributed by atoms with E-state index in [1.807, 2.05) is 6.92 Å². The fraction of sp³-hybridized carbons (Fsp3) is 0.800. The predicted octanol–water partition coefficient (Wildman–Crippen LogP) is 1.71. The molecule has 2 aliphatic rings. The number of nitrogens with zero attached hydrogens (tertiary/aromatic N) is 1. The van der Waals surface area contributed by atoms with Crippen LogP contribution in [0.2, 0.25) is 0 Å². The van der Waals surface area contributed by atoms with Crippen LogP contribution < -0.4 is 16.0 Å². The second kappa shape index (κ2) is 13.0. The number of amides is 4. The molecule has 35 heavy (non-hydrogen) atoms. The van der Waals surface area contributed by atoms with E-state index < -0.39 is 34.6 Å². The minimum atomic E-state index is -1.13. The molecule has 10 heteroatoms. The van der Waals surface area contributed by atoms with Crippen molar-refractivity contribution in [2.24, 2.45) is 5.41 Å². The molecule has 0 aromatic carbocycles. The van der Waals surface area contributed by atoms with Crippen LogP contribution in [-0.2, 0) is 23.9 Å². The molecule has 1 aliphatic heterocycles. The average molecular weight is 495 g/mol. The molecular formula is C25H42N4O6. The Kier molecular flexibility index (Phi) is 10.7. The molecule has 1 saturated carbocycles. The van der Waals surface area contributed by atoms with Gasteiger partial charge >= 0.3 is 6.03 Å². The summed E-state index contributed by atoms with van der Waals surface area (Å²) in [4.78, 5) is 65.7. The van der Waals surface area contributed by atoms with E-state index in [1.54, 1.807) is 25.7 Å². The summed E-state index contributed by atoms with van der Waals surface area (Å²) in [5, 5.41) is 8.13. The molecule has 0 radical (unpaired) electrons. The van der Waals surface area contributed by atoms with Crippen LogP contribution in [0.3, 0.4) is 0 Å². The number of ether oxygens (including phenoxy) is 1. The number of morpholine rings is 1. The molecule has 0 aromatic rings. The third-order valence-corrected chi connectivity index (χ3v) is 6.72. The van der Waals surface area contributed by atoms with Gasteiger partial charge in [-0.25, -0.2) is 4.79 Å². The van der Waals surface area contributed by atoms with Gasteiger partial charge in [-0.05, 0) is 19.3 Å². The molecule has 0 bridgehead atoms. The Labute approximate surface area is 208 Å². The predicted molar refractivity (Wildman–Crippen MR) is 131 cm³/mol. The zero-order chi connectivity index (χ0) is 26.1. The van der Waals surface area contributed by atoms with Crippen LogP contribution in [0.4, 0.5) is 4.79 Å². The Balaban J connectivity index is 2.11. The molecule has 1 atom stereocenters. The van der Waals surface area contributed by atoms with Gasteiger partial charge in [0.25, 0.3) is 5.91 Å². The summed E-state index contributed by atoms with van der Waals surface area (Å²) >= 11 is 0. The number of hydrogen-bond acceptors (Lipinski definition) is 6. The first-order chi connectivity index (χ1) is 16.5. The fourth-order valence-electron chi connectivity index (χ4n) is 4.26. The maximum Gasteiger partial charge on any atom is 0.318 e. The van der Waals surface area contributed by atoms with E-state index in [9.17, 15) is 24.0 Å². The van der Waals surface area contributed by atoms with Crippen LogP contribution in [0, 0.1) is 5.41 Å². The molecule has 1 heterocycles. The highest BCUT2D eigenvalue weighted by atomic mass is 16.5. The van der Waals surface area contributed by atoms with Crippen molar-refractivity contribution in [2.45, 2.75) is 90.6 Å². The Hall–Kier alpha value is -2.49. The quantitative estimate of drug-likeness (QED) is 0.396. The van der Waals surface area contributed by atoms with Crippen LogP contribution in [-0.4, -0.2) is 78.7 Å². The van der Waals surface area contributed by atoms with Crippen LogP contribution in [0.15, 0.2) is 0 Å². The first-order valence-corrected chi connectivity index (χ1v) is 12.8. The molecule has 4 amide bonds. The maximum absolute atomic E-state index is 13.5. The highest BCUT2D eigenvalue weighted by Gasteiger charge is 2.43. The van der Waals surface area contributed by atoms with Crippen molar-refractivity contribution in [3.63, 3.8) is 0 Å². The van der Waals surface area contributed by atoms with Crippen LogP contribution in [0.5, 0.6) is 0 Å². The number of carbonyl (C=O) groups excluding carboxylic acids is 5. The largest absolute Gasteiger partial charge is 0.378 e. The van der Waals surface area contributed by atoms with E-state index in [0.29, 0.717) is 52.0 Å². The average Bonchev–Trinajstić information content (AvgIpc) is 2.84. The van der Waals surface area contributed by atoms with Crippen molar-refractivity contribution in [1.29, 1.82) is 0 Å². The summed E-state index contributed by atoms with van der Waals surface area (Å²) < 4.78 is 5.31. The topological polar surface area (TPSA) is 134 Å². The summed E-state index contributed by atoms with van der Waals surface area (Å²) in [6.07, 6.45) is 5.17. The lowest BCUT2D eigenvalue weighted by Crippen LogP contribution is -2.64. The molecule has 10 nitrogen and oxygen atoms in total. The zero-order valence-corrected chi connectivity index (χ0v) is 21.7. The van der Waals surface area contributed by atoms with E-state index in [2.05, 4.69) is 16.0 Å². The summed E-state index contributed by atoms with van der Waals surface area (Å²) in [5.41, 5.74) is -1.77. The fourth-order valence-corrected chi connectivity index (χ4v) is 4.26. The van der Waals surface area contributed by atoms with Crippen molar-refractivity contribution in [1.82, 2.24) is 20.9 Å². The van der Waals surface area contributed by atoms with E-state index in [4.69, 9.17) is 4.74 Å². The Morgan fingerprint density at radius 1 is 1.00 bits per heavy atom. The van der Waals surface area contributed by atoms with Crippen molar-refractivity contribution in [3.8, 4) is 0 Å². The highest BCUT2D eigenvalue weighted by molar-refractivity contribution is 6.38. The van der Waals surface area contributed by atoms with Gasteiger partial charge < -0.3 is 25.6 Å². The zero-order valence-electron chi connectivity index (χ0n) is 21.7. The van der Waals surface area contributed by atoms with Crippen molar-refractivity contribution >= 4 is 29.4 Å². The number of Topliss-reactive ketones (excluding diaryl/α,β-unsaturated/α-hetero) is 2. The number of carbonyl (C=O) groups is 5. The van der Waals surface area contributed by atoms with Gasteiger partial charge in [0.15, 0.2) is 5.78 Å². The molecule has 2 rings (SSSR count). The number of nitrogens with one attached hydrogen (secondary N) is 3. The highest BCUT2D eigenvalue weighted by Crippen LogP contribution is 2.29. The first kappa shape index (κ1) is 28.7. The van der Waals surface area contributed by atoms with Gasteiger partial charge in [0, 0.05) is 18.5 Å². The van der Waals surface area contributed by atoms with Gasteiger partial charge in [-0.15, -0.1) is 0 Å². The Morgan fingerprint density at radius 2 is 1.63 bits per heavy atom. The first-order valence-electron chi connectivity index (χ1n) is 12.8. The van der Waals surface area contributed by atoms with Crippen molar-refractivity contribution < 1.29 is 28.7 Å². The van der Waals surface area contributed by atoms with Gasteiger partial charge in [-0.2, -0.15) is 0 Å². The van der Waals surface area contributed by atoms with E-state index in [-0.39, 0.29) is 18.4 Å². The normalized spacial score (nSPS) is 18.8. The van der Waals surface area contributed by atoms with Gasteiger partial charge in [-0.1, -0.05) is 59.8 Å². The molecular weight excluding hydrogens is 452 g/mol. The molecule has 1 aliphatic carbocycles. The van der Waals surface area contributed by atoms with E-state index >= 15 is 0 Å². The van der Waals surface area contributed by atoms with Gasteiger partial charge in [0.2, 0.25) is 11.7 Å². The standard InChI is InChI=1S/C25H42N4O6/c1-5-6-10-18(20(31)21(32)26-17-19(30)24(2,3)4)27-22(33)25(11-8-7-9-12-25)28-23(34)29-13-15-35-16-14-29/h18H,5-17H2,1-4H3,(H,26,32)(H,27,33)(H,28,34). The number of ketones is 2. The number of unbranched alkanes of at least 4 members (excludes halogenated alkanes) is 1. The lowest BCUT2D eigenvalue weighted by atomic mass is 9.80. The molecule has 3 N–H and O–H groups in total. The SMILES string of the molecule is CCCCC(NC(=O)C1(NC(=O)N2CCOCC2)CCCCC1)C(=O)C(=O)NCC(=O)C(C)(C)C. The molecule has 2 fully saturated rings. The molecule has 1 saturated heterocycles. The third-order valence-electron chi connectivity index (χ3n) is 6.72. The van der Waals surface area contributed by atoms with E-state index in [0.717, 1.165) is 25.7 Å². The molecule has 198 valence electrons. The molecule has 0 aromatic heterocycles. The Bertz CT molecular complexity index is 779. The van der Waals surface area contributed by atoms with Crippen molar-refractivity contribution in [2.75, 3.05) is 32.8 Å².